The van der Waals surface area contributed by atoms with Gasteiger partial charge in [-0.05, 0) is 65.3 Å². The van der Waals surface area contributed by atoms with Crippen molar-refractivity contribution in [1.82, 2.24) is 9.80 Å². The van der Waals surface area contributed by atoms with Gasteiger partial charge in [-0.1, -0.05) is 41.0 Å². The van der Waals surface area contributed by atoms with Gasteiger partial charge < -0.3 is 14.9 Å². The summed E-state index contributed by atoms with van der Waals surface area (Å²) in [6, 6.07) is 0. The van der Waals surface area contributed by atoms with Crippen molar-refractivity contribution in [2.75, 3.05) is 39.8 Å². The second-order valence-corrected chi connectivity index (χ2v) is 5.46. The molecular weight excluding hydrogens is 260 g/mol. The van der Waals surface area contributed by atoms with Gasteiger partial charge in [0, 0.05) is 6.54 Å². The molecule has 0 bridgehead atoms. The average Bonchev–Trinajstić information content (AvgIpc) is 2.53. The Bertz CT molecular complexity index is 180. The van der Waals surface area contributed by atoms with E-state index in [4.69, 9.17) is 0 Å². The minimum Gasteiger partial charge on any atom is -0.392 e. The molecule has 0 radical (unpaired) electrons. The molecule has 2 saturated heterocycles. The number of β-amino-alcohol motifs (C(OH)–C–C–N with tert-alkyl or cyclic N) is 1. The van der Waals surface area contributed by atoms with Crippen LogP contribution in [0.15, 0.2) is 0 Å². The first-order valence-electron chi connectivity index (χ1n) is 9.31. The minimum atomic E-state index is -0.0553. The first-order chi connectivity index (χ1) is 10.2. The molecule has 0 spiro atoms. The number of hydrogen-bond acceptors (Lipinski definition) is 3. The van der Waals surface area contributed by atoms with Gasteiger partial charge in [0.1, 0.15) is 0 Å². The van der Waals surface area contributed by atoms with Crippen molar-refractivity contribution < 1.29 is 5.11 Å². The van der Waals surface area contributed by atoms with E-state index >= 15 is 0 Å². The zero-order valence-electron chi connectivity index (χ0n) is 15.7. The number of nitrogens with zero attached hydrogens (tertiary/aromatic N) is 2. The molecule has 3 heteroatoms. The third-order valence-electron chi connectivity index (χ3n) is 3.60. The molecule has 1 N–H and O–H groups in total. The summed E-state index contributed by atoms with van der Waals surface area (Å²) in [7, 11) is 2.19. The Morgan fingerprint density at radius 2 is 1.48 bits per heavy atom. The molecule has 1 unspecified atom stereocenters. The lowest BCUT2D eigenvalue weighted by Crippen LogP contribution is -2.38. The van der Waals surface area contributed by atoms with Crippen LogP contribution in [0.3, 0.4) is 0 Å². The van der Waals surface area contributed by atoms with Gasteiger partial charge in [-0.2, -0.15) is 0 Å². The molecule has 0 amide bonds. The van der Waals surface area contributed by atoms with E-state index in [1.54, 1.807) is 0 Å². The van der Waals surface area contributed by atoms with Crippen molar-refractivity contribution in [2.45, 2.75) is 79.2 Å². The largest absolute Gasteiger partial charge is 0.392 e. The standard InChI is InChI=1S/C8H17NO.C6H13N.2C2H6/c1-2-5-9-6-3-4-8(10)7-9;1-7-5-3-2-4-6-7;2*1-2/h8,10H,2-7H2,1H3;2-6H2,1H3;2*1-2H3. The molecular formula is C18H42N2O. The summed E-state index contributed by atoms with van der Waals surface area (Å²) in [5, 5.41) is 9.26. The summed E-state index contributed by atoms with van der Waals surface area (Å²) < 4.78 is 0. The Morgan fingerprint density at radius 3 is 1.86 bits per heavy atom. The topological polar surface area (TPSA) is 26.7 Å². The highest BCUT2D eigenvalue weighted by Gasteiger charge is 2.15. The molecule has 2 aliphatic heterocycles. The smallest absolute Gasteiger partial charge is 0.0667 e. The Labute approximate surface area is 134 Å². The van der Waals surface area contributed by atoms with E-state index in [1.165, 1.54) is 51.7 Å². The highest BCUT2D eigenvalue weighted by Crippen LogP contribution is 2.09. The van der Waals surface area contributed by atoms with Gasteiger partial charge in [0.15, 0.2) is 0 Å². The molecule has 0 aromatic rings. The fraction of sp³-hybridized carbons (Fsp3) is 1.00. The van der Waals surface area contributed by atoms with Crippen LogP contribution in [0.1, 0.15) is 73.1 Å². The van der Waals surface area contributed by atoms with Gasteiger partial charge in [0.2, 0.25) is 0 Å². The number of rotatable bonds is 2. The maximum atomic E-state index is 9.26. The van der Waals surface area contributed by atoms with Gasteiger partial charge in [-0.15, -0.1) is 0 Å². The number of likely N-dealkylation sites (tertiary alicyclic amines) is 2. The van der Waals surface area contributed by atoms with Crippen molar-refractivity contribution in [2.24, 2.45) is 0 Å². The second-order valence-electron chi connectivity index (χ2n) is 5.46. The second kappa shape index (κ2) is 17.9. The van der Waals surface area contributed by atoms with Crippen LogP contribution in [-0.4, -0.2) is 60.8 Å². The lowest BCUT2D eigenvalue weighted by Gasteiger charge is -2.29. The predicted molar refractivity (Wildman–Crippen MR) is 96.0 cm³/mol. The maximum Gasteiger partial charge on any atom is 0.0667 e. The Hall–Kier alpha value is -0.120. The average molecular weight is 303 g/mol. The van der Waals surface area contributed by atoms with Crippen LogP contribution in [0.2, 0.25) is 0 Å². The molecule has 0 saturated carbocycles. The summed E-state index contributed by atoms with van der Waals surface area (Å²) in [6.45, 7) is 16.1. The van der Waals surface area contributed by atoms with Crippen LogP contribution in [0.25, 0.3) is 0 Å². The van der Waals surface area contributed by atoms with Crippen molar-refractivity contribution in [3.05, 3.63) is 0 Å². The van der Waals surface area contributed by atoms with Crippen LogP contribution >= 0.6 is 0 Å². The Balaban J connectivity index is 0. The third-order valence-corrected chi connectivity index (χ3v) is 3.60. The summed E-state index contributed by atoms with van der Waals surface area (Å²) in [5.74, 6) is 0. The van der Waals surface area contributed by atoms with E-state index in [0.29, 0.717) is 0 Å². The fourth-order valence-electron chi connectivity index (χ4n) is 2.60. The van der Waals surface area contributed by atoms with Gasteiger partial charge in [0.05, 0.1) is 6.10 Å². The third kappa shape index (κ3) is 14.6. The lowest BCUT2D eigenvalue weighted by molar-refractivity contribution is 0.0709. The van der Waals surface area contributed by atoms with Crippen molar-refractivity contribution in [3.63, 3.8) is 0 Å². The maximum absolute atomic E-state index is 9.26. The molecule has 2 fully saturated rings. The van der Waals surface area contributed by atoms with Gasteiger partial charge in [-0.25, -0.2) is 0 Å². The van der Waals surface area contributed by atoms with Crippen LogP contribution in [0.5, 0.6) is 0 Å². The fourth-order valence-corrected chi connectivity index (χ4v) is 2.60. The Morgan fingerprint density at radius 1 is 0.905 bits per heavy atom. The quantitative estimate of drug-likeness (QED) is 0.835. The minimum absolute atomic E-state index is 0.0553. The molecule has 1 atom stereocenters. The highest BCUT2D eigenvalue weighted by atomic mass is 16.3. The monoisotopic (exact) mass is 302 g/mol. The zero-order chi connectivity index (χ0) is 16.5. The van der Waals surface area contributed by atoms with Gasteiger partial charge >= 0.3 is 0 Å². The predicted octanol–water partition coefficient (Wildman–Crippen LogP) is 4.01. The number of piperidine rings is 2. The van der Waals surface area contributed by atoms with E-state index in [0.717, 1.165) is 19.5 Å². The lowest BCUT2D eigenvalue weighted by atomic mass is 10.1. The molecule has 2 aliphatic rings. The molecule has 21 heavy (non-hydrogen) atoms. The van der Waals surface area contributed by atoms with E-state index in [1.807, 2.05) is 27.7 Å². The molecule has 130 valence electrons. The molecule has 0 aliphatic carbocycles. The first kappa shape index (κ1) is 23.2. The van der Waals surface area contributed by atoms with Crippen LogP contribution in [-0.2, 0) is 0 Å². The number of aliphatic hydroxyl groups excluding tert-OH is 1. The zero-order valence-corrected chi connectivity index (χ0v) is 15.7. The molecule has 0 aromatic carbocycles. The van der Waals surface area contributed by atoms with Crippen LogP contribution < -0.4 is 0 Å². The summed E-state index contributed by atoms with van der Waals surface area (Å²) in [6.07, 6.45) is 7.59. The number of aliphatic hydroxyl groups is 1. The van der Waals surface area contributed by atoms with Crippen molar-refractivity contribution >= 4 is 0 Å². The molecule has 2 rings (SSSR count). The van der Waals surface area contributed by atoms with Crippen molar-refractivity contribution in [1.29, 1.82) is 0 Å². The summed E-state index contributed by atoms with van der Waals surface area (Å²) >= 11 is 0. The summed E-state index contributed by atoms with van der Waals surface area (Å²) in [4.78, 5) is 4.73. The van der Waals surface area contributed by atoms with E-state index in [9.17, 15) is 5.11 Å². The van der Waals surface area contributed by atoms with Crippen molar-refractivity contribution in [3.8, 4) is 0 Å². The highest BCUT2D eigenvalue weighted by molar-refractivity contribution is 4.70. The normalized spacial score (nSPS) is 22.7. The van der Waals surface area contributed by atoms with Gasteiger partial charge in [0.25, 0.3) is 0 Å². The van der Waals surface area contributed by atoms with E-state index in [2.05, 4.69) is 23.8 Å². The van der Waals surface area contributed by atoms with E-state index < -0.39 is 0 Å². The molecule has 3 nitrogen and oxygen atoms in total. The first-order valence-corrected chi connectivity index (χ1v) is 9.31. The van der Waals surface area contributed by atoms with Gasteiger partial charge in [-0.3, -0.25) is 0 Å². The SMILES string of the molecule is CC.CC.CCCN1CCCC(O)C1.CN1CCCCC1. The van der Waals surface area contributed by atoms with E-state index in [-0.39, 0.29) is 6.10 Å². The summed E-state index contributed by atoms with van der Waals surface area (Å²) in [5.41, 5.74) is 0. The Kier molecular flexibility index (Phi) is 19.8. The molecule has 0 aromatic heterocycles. The van der Waals surface area contributed by atoms with Crippen LogP contribution in [0.4, 0.5) is 0 Å². The van der Waals surface area contributed by atoms with Crippen LogP contribution in [0, 0.1) is 0 Å². The molecule has 2 heterocycles. The number of hydrogen-bond donors (Lipinski definition) is 1.